The molecule has 0 bridgehead atoms. The SMILES string of the molecule is Cc1ccc(C2(CN3CCC(NC(=O)CN(C)C4CCS(=O)(=O)C4)CC3)CC2)cc1. The maximum Gasteiger partial charge on any atom is 0.234 e. The lowest BCUT2D eigenvalue weighted by Crippen LogP contribution is -2.49. The molecule has 1 atom stereocenters. The number of likely N-dealkylation sites (tertiary alicyclic amines) is 1. The molecule has 3 fully saturated rings. The van der Waals surface area contributed by atoms with Crippen LogP contribution in [-0.2, 0) is 20.0 Å². The Kier molecular flexibility index (Phi) is 6.24. The molecule has 0 radical (unpaired) electrons. The number of carbonyl (C=O) groups excluding carboxylic acids is 1. The van der Waals surface area contributed by atoms with Gasteiger partial charge in [-0.15, -0.1) is 0 Å². The Morgan fingerprint density at radius 2 is 1.83 bits per heavy atom. The zero-order valence-electron chi connectivity index (χ0n) is 18.3. The smallest absolute Gasteiger partial charge is 0.234 e. The van der Waals surface area contributed by atoms with Gasteiger partial charge in [0.1, 0.15) is 0 Å². The van der Waals surface area contributed by atoms with E-state index in [0.717, 1.165) is 32.5 Å². The van der Waals surface area contributed by atoms with Gasteiger partial charge >= 0.3 is 0 Å². The Hall–Kier alpha value is -1.44. The standard InChI is InChI=1S/C23H35N3O3S/c1-18-3-5-19(6-4-18)23(10-11-23)17-26-12-7-20(8-13-26)24-22(27)15-25(2)21-9-14-30(28,29)16-21/h3-6,20-21H,7-17H2,1-2H3,(H,24,27). The summed E-state index contributed by atoms with van der Waals surface area (Å²) in [7, 11) is -1.07. The van der Waals surface area contributed by atoms with Crippen LogP contribution in [0.1, 0.15) is 43.2 Å². The zero-order chi connectivity index (χ0) is 21.4. The largest absolute Gasteiger partial charge is 0.352 e. The minimum absolute atomic E-state index is 0.0126. The Morgan fingerprint density at radius 3 is 2.40 bits per heavy atom. The van der Waals surface area contributed by atoms with Gasteiger partial charge in [0.25, 0.3) is 0 Å². The highest BCUT2D eigenvalue weighted by Gasteiger charge is 2.45. The number of rotatable bonds is 7. The Balaban J connectivity index is 1.20. The van der Waals surface area contributed by atoms with Crippen LogP contribution in [0, 0.1) is 6.92 Å². The van der Waals surface area contributed by atoms with Gasteiger partial charge in [-0.3, -0.25) is 9.69 Å². The molecule has 1 N–H and O–H groups in total. The third kappa shape index (κ3) is 5.24. The summed E-state index contributed by atoms with van der Waals surface area (Å²) in [5.41, 5.74) is 3.13. The molecule has 6 nitrogen and oxygen atoms in total. The third-order valence-corrected chi connectivity index (χ3v) is 8.97. The number of carbonyl (C=O) groups is 1. The second-order valence-electron chi connectivity index (χ2n) is 9.74. The van der Waals surface area contributed by atoms with E-state index in [0.29, 0.717) is 11.8 Å². The van der Waals surface area contributed by atoms with Crippen LogP contribution in [0.4, 0.5) is 0 Å². The zero-order valence-corrected chi connectivity index (χ0v) is 19.1. The molecule has 7 heteroatoms. The molecular formula is C23H35N3O3S. The number of likely N-dealkylation sites (N-methyl/N-ethyl adjacent to an activating group) is 1. The van der Waals surface area contributed by atoms with Gasteiger partial charge in [0.15, 0.2) is 9.84 Å². The molecule has 2 aliphatic heterocycles. The van der Waals surface area contributed by atoms with E-state index >= 15 is 0 Å². The summed E-state index contributed by atoms with van der Waals surface area (Å²) < 4.78 is 23.3. The van der Waals surface area contributed by atoms with Gasteiger partial charge in [0.05, 0.1) is 18.1 Å². The summed E-state index contributed by atoms with van der Waals surface area (Å²) in [4.78, 5) is 16.9. The highest BCUT2D eigenvalue weighted by atomic mass is 32.2. The monoisotopic (exact) mass is 433 g/mol. The molecule has 3 aliphatic rings. The van der Waals surface area contributed by atoms with Gasteiger partial charge in [0.2, 0.25) is 5.91 Å². The maximum absolute atomic E-state index is 12.5. The van der Waals surface area contributed by atoms with Crippen LogP contribution in [0.2, 0.25) is 0 Å². The highest BCUT2D eigenvalue weighted by molar-refractivity contribution is 7.91. The first-order valence-electron chi connectivity index (χ1n) is 11.2. The van der Waals surface area contributed by atoms with Crippen molar-refractivity contribution in [3.8, 4) is 0 Å². The molecule has 0 aromatic heterocycles. The van der Waals surface area contributed by atoms with E-state index < -0.39 is 9.84 Å². The Bertz CT molecular complexity index is 856. The van der Waals surface area contributed by atoms with Gasteiger partial charge in [-0.05, 0) is 51.6 Å². The maximum atomic E-state index is 12.5. The van der Waals surface area contributed by atoms with E-state index in [2.05, 4.69) is 41.4 Å². The van der Waals surface area contributed by atoms with Gasteiger partial charge in [-0.1, -0.05) is 29.8 Å². The summed E-state index contributed by atoms with van der Waals surface area (Å²) in [5.74, 6) is 0.433. The number of aryl methyl sites for hydroxylation is 1. The summed E-state index contributed by atoms with van der Waals surface area (Å²) in [6.45, 7) is 5.58. The van der Waals surface area contributed by atoms with Crippen LogP contribution in [0.25, 0.3) is 0 Å². The van der Waals surface area contributed by atoms with Crippen molar-refractivity contribution < 1.29 is 13.2 Å². The molecule has 1 aliphatic carbocycles. The number of hydrogen-bond acceptors (Lipinski definition) is 5. The van der Waals surface area contributed by atoms with Crippen molar-refractivity contribution in [2.75, 3.05) is 44.7 Å². The average Bonchev–Trinajstić information content (AvgIpc) is 3.38. The summed E-state index contributed by atoms with van der Waals surface area (Å²) >= 11 is 0. The molecule has 2 heterocycles. The van der Waals surface area contributed by atoms with Gasteiger partial charge in [-0.25, -0.2) is 8.42 Å². The Labute approximate surface area is 180 Å². The second kappa shape index (κ2) is 8.60. The number of sulfone groups is 1. The average molecular weight is 434 g/mol. The van der Waals surface area contributed by atoms with Crippen LogP contribution in [-0.4, -0.2) is 80.9 Å². The van der Waals surface area contributed by atoms with Crippen molar-refractivity contribution in [3.63, 3.8) is 0 Å². The van der Waals surface area contributed by atoms with E-state index in [4.69, 9.17) is 0 Å². The lowest BCUT2D eigenvalue weighted by molar-refractivity contribution is -0.123. The lowest BCUT2D eigenvalue weighted by Gasteiger charge is -2.35. The first-order valence-corrected chi connectivity index (χ1v) is 13.1. The molecule has 30 heavy (non-hydrogen) atoms. The van der Waals surface area contributed by atoms with Crippen LogP contribution in [0.15, 0.2) is 24.3 Å². The number of nitrogens with zero attached hydrogens (tertiary/aromatic N) is 2. The minimum Gasteiger partial charge on any atom is -0.352 e. The lowest BCUT2D eigenvalue weighted by atomic mass is 9.93. The number of benzene rings is 1. The van der Waals surface area contributed by atoms with Crippen molar-refractivity contribution in [1.82, 2.24) is 15.1 Å². The summed E-state index contributed by atoms with van der Waals surface area (Å²) in [6, 6.07) is 9.22. The van der Waals surface area contributed by atoms with Crippen LogP contribution in [0.5, 0.6) is 0 Å². The third-order valence-electron chi connectivity index (χ3n) is 7.22. The Morgan fingerprint density at radius 1 is 1.17 bits per heavy atom. The minimum atomic E-state index is -2.92. The molecule has 4 rings (SSSR count). The number of piperidine rings is 1. The molecule has 166 valence electrons. The molecule has 1 amide bonds. The fourth-order valence-corrected chi connectivity index (χ4v) is 6.82. The molecule has 1 unspecified atom stereocenters. The first-order chi connectivity index (χ1) is 14.2. The van der Waals surface area contributed by atoms with Crippen molar-refractivity contribution in [2.45, 2.75) is 56.5 Å². The van der Waals surface area contributed by atoms with Crippen LogP contribution in [0.3, 0.4) is 0 Å². The van der Waals surface area contributed by atoms with Gasteiger partial charge < -0.3 is 10.2 Å². The van der Waals surface area contributed by atoms with E-state index in [-0.39, 0.29) is 36.0 Å². The van der Waals surface area contributed by atoms with Crippen molar-refractivity contribution in [2.24, 2.45) is 0 Å². The topological polar surface area (TPSA) is 69.7 Å². The number of hydrogen-bond donors (Lipinski definition) is 1. The van der Waals surface area contributed by atoms with Crippen molar-refractivity contribution in [1.29, 1.82) is 0 Å². The molecule has 1 aromatic carbocycles. The van der Waals surface area contributed by atoms with E-state index in [9.17, 15) is 13.2 Å². The number of nitrogens with one attached hydrogen (secondary N) is 1. The van der Waals surface area contributed by atoms with Crippen LogP contribution < -0.4 is 5.32 Å². The highest BCUT2D eigenvalue weighted by Crippen LogP contribution is 2.49. The first kappa shape index (κ1) is 21.8. The summed E-state index contributed by atoms with van der Waals surface area (Å²) in [6.07, 6.45) is 5.15. The summed E-state index contributed by atoms with van der Waals surface area (Å²) in [5, 5.41) is 3.17. The fraction of sp³-hybridized carbons (Fsp3) is 0.696. The van der Waals surface area contributed by atoms with Gasteiger partial charge in [-0.2, -0.15) is 0 Å². The fourth-order valence-electron chi connectivity index (χ4n) is 5.01. The normalized spacial score (nSPS) is 26.0. The molecular weight excluding hydrogens is 398 g/mol. The van der Waals surface area contributed by atoms with Crippen molar-refractivity contribution >= 4 is 15.7 Å². The van der Waals surface area contributed by atoms with Crippen molar-refractivity contribution in [3.05, 3.63) is 35.4 Å². The number of amides is 1. The van der Waals surface area contributed by atoms with E-state index in [1.165, 1.54) is 24.0 Å². The van der Waals surface area contributed by atoms with Crippen LogP contribution >= 0.6 is 0 Å². The van der Waals surface area contributed by atoms with Gasteiger partial charge in [0, 0.05) is 37.1 Å². The molecule has 2 saturated heterocycles. The molecule has 0 spiro atoms. The quantitative estimate of drug-likeness (QED) is 0.709. The molecule has 1 aromatic rings. The van der Waals surface area contributed by atoms with E-state index in [1.54, 1.807) is 0 Å². The predicted octanol–water partition coefficient (Wildman–Crippen LogP) is 1.73. The second-order valence-corrected chi connectivity index (χ2v) is 12.0. The predicted molar refractivity (Wildman–Crippen MR) is 119 cm³/mol. The molecule has 1 saturated carbocycles. The van der Waals surface area contributed by atoms with E-state index in [1.807, 2.05) is 11.9 Å².